The maximum absolute atomic E-state index is 10.7. The number of nitrogens with one attached hydrogen (secondary N) is 1. The van der Waals surface area contributed by atoms with Crippen LogP contribution < -0.4 is 11.1 Å². The predicted octanol–water partition coefficient (Wildman–Crippen LogP) is 0.703. The van der Waals surface area contributed by atoms with Crippen molar-refractivity contribution in [2.75, 3.05) is 11.9 Å². The van der Waals surface area contributed by atoms with Gasteiger partial charge in [0.15, 0.2) is 0 Å². The molecule has 5 N–H and O–H groups in total. The summed E-state index contributed by atoms with van der Waals surface area (Å²) < 4.78 is 0. The van der Waals surface area contributed by atoms with Crippen LogP contribution in [-0.2, 0) is 4.79 Å². The van der Waals surface area contributed by atoms with E-state index in [1.54, 1.807) is 12.1 Å². The second kappa shape index (κ2) is 4.02. The van der Waals surface area contributed by atoms with Gasteiger partial charge >= 0.3 is 5.97 Å². The number of anilines is 1. The summed E-state index contributed by atoms with van der Waals surface area (Å²) in [5.74, 6) is -0.677. The lowest BCUT2D eigenvalue weighted by molar-refractivity contribution is -0.138. The molecule has 0 aliphatic carbocycles. The van der Waals surface area contributed by atoms with E-state index in [2.05, 4.69) is 5.32 Å². The molecule has 1 aliphatic heterocycles. The lowest BCUT2D eigenvalue weighted by Crippen LogP contribution is -2.32. The zero-order valence-corrected chi connectivity index (χ0v) is 8.68. The number of hydrogen-bond donors (Lipinski definition) is 4. The number of phenolic OH excluding ortho intramolecular Hbond substituents is 1. The van der Waals surface area contributed by atoms with Gasteiger partial charge in [0.25, 0.3) is 0 Å². The fraction of sp³-hybridized carbons (Fsp3) is 0.364. The molecule has 1 unspecified atom stereocenters. The maximum Gasteiger partial charge on any atom is 0.320 e. The number of hydrogen-bond acceptors (Lipinski definition) is 4. The predicted molar refractivity (Wildman–Crippen MR) is 59.6 cm³/mol. The number of rotatable bonds is 3. The van der Waals surface area contributed by atoms with E-state index in [1.165, 1.54) is 0 Å². The van der Waals surface area contributed by atoms with Crippen LogP contribution in [0.2, 0.25) is 0 Å². The summed E-state index contributed by atoms with van der Waals surface area (Å²) in [6.45, 7) is 0.666. The first-order chi connectivity index (χ1) is 7.58. The van der Waals surface area contributed by atoms with Crippen molar-refractivity contribution >= 4 is 11.7 Å². The van der Waals surface area contributed by atoms with Crippen molar-refractivity contribution in [2.45, 2.75) is 18.4 Å². The van der Waals surface area contributed by atoms with E-state index >= 15 is 0 Å². The average Bonchev–Trinajstić information content (AvgIpc) is 2.60. The summed E-state index contributed by atoms with van der Waals surface area (Å²) in [6, 6.07) is 4.21. The van der Waals surface area contributed by atoms with Crippen molar-refractivity contribution in [2.24, 2.45) is 5.73 Å². The minimum atomic E-state index is -0.979. The molecule has 1 aromatic rings. The third-order valence-corrected chi connectivity index (χ3v) is 2.87. The molecule has 0 amide bonds. The van der Waals surface area contributed by atoms with E-state index in [-0.39, 0.29) is 11.7 Å². The highest BCUT2D eigenvalue weighted by molar-refractivity contribution is 5.73. The second-order valence-electron chi connectivity index (χ2n) is 4.03. The molecule has 5 heteroatoms. The zero-order chi connectivity index (χ0) is 11.7. The van der Waals surface area contributed by atoms with Gasteiger partial charge < -0.3 is 21.3 Å². The Morgan fingerprint density at radius 3 is 3.06 bits per heavy atom. The van der Waals surface area contributed by atoms with Gasteiger partial charge in [-0.2, -0.15) is 0 Å². The zero-order valence-electron chi connectivity index (χ0n) is 8.68. The quantitative estimate of drug-likeness (QED) is 0.604. The minimum absolute atomic E-state index is 0.0988. The standard InChI is InChI=1S/C11H14N2O3/c12-9(11(15)16)3-6-5-13-10-4-7(14)1-2-8(6)10/h1-2,4,6,9,13-14H,3,5,12H2,(H,15,16)/t6?,9-/m0/s1. The highest BCUT2D eigenvalue weighted by Crippen LogP contribution is 2.36. The number of phenols is 1. The minimum Gasteiger partial charge on any atom is -0.508 e. The van der Waals surface area contributed by atoms with Gasteiger partial charge in [-0.15, -0.1) is 0 Å². The van der Waals surface area contributed by atoms with Gasteiger partial charge in [-0.05, 0) is 18.1 Å². The number of aliphatic carboxylic acids is 1. The van der Waals surface area contributed by atoms with Gasteiger partial charge in [-0.1, -0.05) is 6.07 Å². The molecule has 0 spiro atoms. The Hall–Kier alpha value is -1.75. The molecule has 0 saturated carbocycles. The van der Waals surface area contributed by atoms with Gasteiger partial charge in [0.05, 0.1) is 0 Å². The molecular weight excluding hydrogens is 208 g/mol. The Labute approximate surface area is 92.9 Å². The van der Waals surface area contributed by atoms with Crippen LogP contribution in [0.5, 0.6) is 5.75 Å². The van der Waals surface area contributed by atoms with Crippen LogP contribution in [-0.4, -0.2) is 28.8 Å². The second-order valence-corrected chi connectivity index (χ2v) is 4.03. The number of aromatic hydroxyl groups is 1. The van der Waals surface area contributed by atoms with Crippen molar-refractivity contribution < 1.29 is 15.0 Å². The molecule has 5 nitrogen and oxygen atoms in total. The van der Waals surface area contributed by atoms with Crippen molar-refractivity contribution in [3.05, 3.63) is 23.8 Å². The van der Waals surface area contributed by atoms with Crippen LogP contribution >= 0.6 is 0 Å². The SMILES string of the molecule is N[C@@H](CC1CNc2cc(O)ccc21)C(=O)O. The number of benzene rings is 1. The maximum atomic E-state index is 10.7. The monoisotopic (exact) mass is 222 g/mol. The van der Waals surface area contributed by atoms with Crippen molar-refractivity contribution in [3.8, 4) is 5.75 Å². The molecule has 1 aromatic carbocycles. The molecule has 2 rings (SSSR count). The third-order valence-electron chi connectivity index (χ3n) is 2.87. The molecule has 0 fully saturated rings. The van der Waals surface area contributed by atoms with Gasteiger partial charge in [0.1, 0.15) is 11.8 Å². The van der Waals surface area contributed by atoms with Crippen molar-refractivity contribution in [1.82, 2.24) is 0 Å². The molecular formula is C11H14N2O3. The van der Waals surface area contributed by atoms with Crippen molar-refractivity contribution in [1.29, 1.82) is 0 Å². The Morgan fingerprint density at radius 1 is 1.62 bits per heavy atom. The topological polar surface area (TPSA) is 95.6 Å². The first kappa shape index (κ1) is 10.8. The third kappa shape index (κ3) is 1.94. The fourth-order valence-corrected chi connectivity index (χ4v) is 2.01. The molecule has 1 heterocycles. The highest BCUT2D eigenvalue weighted by Gasteiger charge is 2.26. The van der Waals surface area contributed by atoms with Crippen LogP contribution in [0.3, 0.4) is 0 Å². The number of nitrogens with two attached hydrogens (primary N) is 1. The summed E-state index contributed by atoms with van der Waals surface area (Å²) in [6.07, 6.45) is 0.403. The van der Waals surface area contributed by atoms with Crippen LogP contribution in [0.1, 0.15) is 17.9 Å². The van der Waals surface area contributed by atoms with Gasteiger partial charge in [0, 0.05) is 24.2 Å². The van der Waals surface area contributed by atoms with Crippen LogP contribution in [0, 0.1) is 0 Å². The van der Waals surface area contributed by atoms with Gasteiger partial charge in [-0.3, -0.25) is 4.79 Å². The Morgan fingerprint density at radius 2 is 2.38 bits per heavy atom. The molecule has 0 radical (unpaired) electrons. The molecule has 0 aromatic heterocycles. The van der Waals surface area contributed by atoms with E-state index in [4.69, 9.17) is 10.8 Å². The molecule has 16 heavy (non-hydrogen) atoms. The summed E-state index contributed by atoms with van der Waals surface area (Å²) in [7, 11) is 0. The summed E-state index contributed by atoms with van der Waals surface area (Å²) >= 11 is 0. The van der Waals surface area contributed by atoms with Crippen molar-refractivity contribution in [3.63, 3.8) is 0 Å². The van der Waals surface area contributed by atoms with E-state index in [1.807, 2.05) is 6.07 Å². The fourth-order valence-electron chi connectivity index (χ4n) is 2.01. The Bertz CT molecular complexity index is 420. The highest BCUT2D eigenvalue weighted by atomic mass is 16.4. The Kier molecular flexibility index (Phi) is 2.70. The number of carboxylic acid groups (broad SMARTS) is 1. The van der Waals surface area contributed by atoms with E-state index < -0.39 is 12.0 Å². The average molecular weight is 222 g/mol. The normalized spacial score (nSPS) is 19.9. The van der Waals surface area contributed by atoms with E-state index in [0.717, 1.165) is 11.3 Å². The lowest BCUT2D eigenvalue weighted by Gasteiger charge is -2.13. The molecule has 86 valence electrons. The lowest BCUT2D eigenvalue weighted by atomic mass is 9.94. The molecule has 1 aliphatic rings. The molecule has 0 bridgehead atoms. The Balaban J connectivity index is 2.15. The number of carbonyl (C=O) groups is 1. The van der Waals surface area contributed by atoms with Crippen LogP contribution in [0.25, 0.3) is 0 Å². The van der Waals surface area contributed by atoms with Crippen LogP contribution in [0.15, 0.2) is 18.2 Å². The number of fused-ring (bicyclic) bond motifs is 1. The summed E-state index contributed by atoms with van der Waals surface area (Å²) in [5.41, 5.74) is 7.39. The summed E-state index contributed by atoms with van der Waals surface area (Å²) in [5, 5.41) is 21.2. The first-order valence-electron chi connectivity index (χ1n) is 5.13. The largest absolute Gasteiger partial charge is 0.508 e. The van der Waals surface area contributed by atoms with Crippen LogP contribution in [0.4, 0.5) is 5.69 Å². The summed E-state index contributed by atoms with van der Waals surface area (Å²) in [4.78, 5) is 10.7. The molecule has 0 saturated heterocycles. The van der Waals surface area contributed by atoms with E-state index in [9.17, 15) is 9.90 Å². The van der Waals surface area contributed by atoms with Gasteiger partial charge in [0.2, 0.25) is 0 Å². The smallest absolute Gasteiger partial charge is 0.320 e. The number of carboxylic acids is 1. The molecule has 2 atom stereocenters. The van der Waals surface area contributed by atoms with E-state index in [0.29, 0.717) is 13.0 Å². The van der Waals surface area contributed by atoms with Gasteiger partial charge in [-0.25, -0.2) is 0 Å². The first-order valence-corrected chi connectivity index (χ1v) is 5.13.